The van der Waals surface area contributed by atoms with E-state index < -0.39 is 10.1 Å². The van der Waals surface area contributed by atoms with Crippen molar-refractivity contribution < 1.29 is 12.6 Å². The van der Waals surface area contributed by atoms with Crippen molar-refractivity contribution in [2.24, 2.45) is 0 Å². The van der Waals surface area contributed by atoms with Crippen LogP contribution in [0.1, 0.15) is 96.5 Å². The second-order valence-corrected chi connectivity index (χ2v) is 9.89. The third kappa shape index (κ3) is 9.96. The van der Waals surface area contributed by atoms with E-state index in [1.54, 1.807) is 0 Å². The van der Waals surface area contributed by atoms with Crippen molar-refractivity contribution in [3.05, 3.63) is 42.0 Å². The van der Waals surface area contributed by atoms with Crippen LogP contribution in [0.4, 0.5) is 0 Å². The molecule has 0 aliphatic rings. The molecule has 2 rings (SSSR count). The van der Waals surface area contributed by atoms with Gasteiger partial charge < -0.3 is 0 Å². The van der Waals surface area contributed by atoms with Gasteiger partial charge in [-0.25, -0.2) is 0 Å². The molecule has 0 amide bonds. The molecular formula is C26H40NaO3S. The number of fused-ring (bicyclic) bond motifs is 1. The van der Waals surface area contributed by atoms with Gasteiger partial charge in [0.25, 0.3) is 10.1 Å². The molecule has 2 aromatic rings. The summed E-state index contributed by atoms with van der Waals surface area (Å²) in [5.74, 6) is 0. The molecule has 169 valence electrons. The van der Waals surface area contributed by atoms with Gasteiger partial charge in [0.2, 0.25) is 0 Å². The van der Waals surface area contributed by atoms with Crippen LogP contribution in [-0.4, -0.2) is 44.6 Å². The predicted molar refractivity (Wildman–Crippen MR) is 133 cm³/mol. The summed E-state index contributed by atoms with van der Waals surface area (Å²) in [6.07, 6.45) is 15.0. The van der Waals surface area contributed by atoms with Gasteiger partial charge >= 0.3 is 0 Å². The summed E-state index contributed by atoms with van der Waals surface area (Å²) in [6.45, 7) is 4.64. The van der Waals surface area contributed by atoms with Gasteiger partial charge in [0.15, 0.2) is 0 Å². The molecule has 0 bridgehead atoms. The van der Waals surface area contributed by atoms with Gasteiger partial charge in [-0.1, -0.05) is 114 Å². The zero-order valence-electron chi connectivity index (χ0n) is 20.0. The van der Waals surface area contributed by atoms with Crippen LogP contribution in [0, 0.1) is 0 Å². The minimum atomic E-state index is -3.76. The number of benzene rings is 2. The maximum absolute atomic E-state index is 13.1. The molecule has 0 atom stereocenters. The molecular weight excluding hydrogens is 415 g/mol. The standard InChI is InChI=1S/C26H40O3S.Na/c1-3-5-7-8-9-10-11-12-13-16-22-29-30(27,28)26-24(17-6-4-2)21-20-23-18-14-15-19-25(23)26;/h14-15,18-21H,3-13,16-17,22H2,1-2H3;. The normalized spacial score (nSPS) is 11.5. The van der Waals surface area contributed by atoms with E-state index in [9.17, 15) is 8.42 Å². The van der Waals surface area contributed by atoms with E-state index >= 15 is 0 Å². The first-order valence-electron chi connectivity index (χ1n) is 12.0. The van der Waals surface area contributed by atoms with Crippen molar-refractivity contribution in [2.45, 2.75) is 102 Å². The summed E-state index contributed by atoms with van der Waals surface area (Å²) >= 11 is 0. The molecule has 0 unspecified atom stereocenters. The second kappa shape index (κ2) is 16.3. The Morgan fingerprint density at radius 3 is 1.94 bits per heavy atom. The van der Waals surface area contributed by atoms with Crippen LogP contribution in [0.25, 0.3) is 10.8 Å². The number of hydrogen-bond donors (Lipinski definition) is 0. The molecule has 0 saturated carbocycles. The van der Waals surface area contributed by atoms with Crippen LogP contribution in [0.3, 0.4) is 0 Å². The number of hydrogen-bond acceptors (Lipinski definition) is 3. The molecule has 0 aliphatic carbocycles. The zero-order chi connectivity index (χ0) is 21.7. The first-order valence-corrected chi connectivity index (χ1v) is 13.4. The van der Waals surface area contributed by atoms with E-state index in [-0.39, 0.29) is 36.2 Å². The van der Waals surface area contributed by atoms with E-state index in [1.165, 1.54) is 44.9 Å². The van der Waals surface area contributed by atoms with E-state index in [4.69, 9.17) is 4.18 Å². The van der Waals surface area contributed by atoms with Crippen LogP contribution < -0.4 is 0 Å². The average molecular weight is 456 g/mol. The Morgan fingerprint density at radius 2 is 1.29 bits per heavy atom. The van der Waals surface area contributed by atoms with Crippen LogP contribution in [0.2, 0.25) is 0 Å². The molecule has 3 nitrogen and oxygen atoms in total. The van der Waals surface area contributed by atoms with Crippen LogP contribution in [0.15, 0.2) is 41.3 Å². The van der Waals surface area contributed by atoms with Crippen LogP contribution >= 0.6 is 0 Å². The molecule has 31 heavy (non-hydrogen) atoms. The third-order valence-corrected chi connectivity index (χ3v) is 7.21. The molecule has 0 aliphatic heterocycles. The molecule has 0 N–H and O–H groups in total. The van der Waals surface area contributed by atoms with Gasteiger partial charge in [-0.15, -0.1) is 0 Å². The first kappa shape index (κ1) is 28.6. The van der Waals surface area contributed by atoms with Crippen LogP contribution in [0.5, 0.6) is 0 Å². The molecule has 0 saturated heterocycles. The summed E-state index contributed by atoms with van der Waals surface area (Å²) in [5.41, 5.74) is 0.874. The summed E-state index contributed by atoms with van der Waals surface area (Å²) in [4.78, 5) is 0.376. The topological polar surface area (TPSA) is 43.4 Å². The van der Waals surface area contributed by atoms with Crippen LogP contribution in [-0.2, 0) is 20.7 Å². The Hall–Kier alpha value is -0.390. The Morgan fingerprint density at radius 1 is 0.710 bits per heavy atom. The third-order valence-electron chi connectivity index (χ3n) is 5.75. The van der Waals surface area contributed by atoms with E-state index in [1.807, 2.05) is 36.4 Å². The van der Waals surface area contributed by atoms with Gasteiger partial charge in [0, 0.05) is 34.9 Å². The minimum absolute atomic E-state index is 0. The first-order chi connectivity index (χ1) is 14.6. The fourth-order valence-corrected chi connectivity index (χ4v) is 5.37. The molecule has 2 aromatic carbocycles. The van der Waals surface area contributed by atoms with Crippen molar-refractivity contribution in [3.63, 3.8) is 0 Å². The van der Waals surface area contributed by atoms with Gasteiger partial charge in [-0.2, -0.15) is 8.42 Å². The fraction of sp³-hybridized carbons (Fsp3) is 0.615. The smallest absolute Gasteiger partial charge is 0.266 e. The second-order valence-electron chi connectivity index (χ2n) is 8.34. The monoisotopic (exact) mass is 455 g/mol. The summed E-state index contributed by atoms with van der Waals surface area (Å²) in [5, 5.41) is 1.72. The Kier molecular flexibility index (Phi) is 15.0. The Bertz CT molecular complexity index is 849. The molecule has 1 radical (unpaired) electrons. The molecule has 0 spiro atoms. The largest absolute Gasteiger partial charge is 0.297 e. The van der Waals surface area contributed by atoms with Gasteiger partial charge in [-0.05, 0) is 30.2 Å². The Balaban J connectivity index is 0.00000480. The van der Waals surface area contributed by atoms with E-state index in [0.717, 1.165) is 54.9 Å². The predicted octanol–water partition coefficient (Wildman–Crippen LogP) is 7.43. The van der Waals surface area contributed by atoms with Crippen molar-refractivity contribution in [2.75, 3.05) is 6.61 Å². The maximum atomic E-state index is 13.1. The zero-order valence-corrected chi connectivity index (χ0v) is 22.8. The van der Waals surface area contributed by atoms with Gasteiger partial charge in [0.05, 0.1) is 6.61 Å². The SMILES string of the molecule is CCCCCCCCCCCCOS(=O)(=O)c1c(CCCC)ccc2ccccc12.[Na]. The summed E-state index contributed by atoms with van der Waals surface area (Å²) in [7, 11) is -3.76. The Labute approximate surface area is 212 Å². The quantitative estimate of drug-likeness (QED) is 0.150. The maximum Gasteiger partial charge on any atom is 0.297 e. The number of aryl methyl sites for hydroxylation is 1. The van der Waals surface area contributed by atoms with Gasteiger partial charge in [0.1, 0.15) is 4.90 Å². The number of unbranched alkanes of at least 4 members (excludes halogenated alkanes) is 10. The van der Waals surface area contributed by atoms with E-state index in [0.29, 0.717) is 4.90 Å². The molecule has 0 aromatic heterocycles. The fourth-order valence-electron chi connectivity index (χ4n) is 3.96. The van der Waals surface area contributed by atoms with Gasteiger partial charge in [-0.3, -0.25) is 4.18 Å². The number of rotatable bonds is 16. The molecule has 5 heteroatoms. The van der Waals surface area contributed by atoms with E-state index in [2.05, 4.69) is 13.8 Å². The molecule has 0 heterocycles. The summed E-state index contributed by atoms with van der Waals surface area (Å²) < 4.78 is 31.6. The minimum Gasteiger partial charge on any atom is -0.266 e. The van der Waals surface area contributed by atoms with Crippen molar-refractivity contribution in [1.29, 1.82) is 0 Å². The van der Waals surface area contributed by atoms with Crippen molar-refractivity contribution >= 4 is 50.4 Å². The van der Waals surface area contributed by atoms with Crippen molar-refractivity contribution in [3.8, 4) is 0 Å². The van der Waals surface area contributed by atoms with Crippen molar-refractivity contribution in [1.82, 2.24) is 0 Å². The average Bonchev–Trinajstić information content (AvgIpc) is 2.75. The summed E-state index contributed by atoms with van der Waals surface area (Å²) in [6, 6.07) is 11.7. The molecule has 0 fully saturated rings.